The molecule has 1 heterocycles. The molecule has 19 heavy (non-hydrogen) atoms. The number of ether oxygens (including phenoxy) is 1. The van der Waals surface area contributed by atoms with E-state index in [1.165, 1.54) is 19.3 Å². The topological polar surface area (TPSA) is 44.7 Å². The summed E-state index contributed by atoms with van der Waals surface area (Å²) < 4.78 is 6.53. The fourth-order valence-corrected chi connectivity index (χ4v) is 2.47. The van der Waals surface area contributed by atoms with Crippen LogP contribution in [-0.2, 0) is 0 Å². The Hall–Kier alpha value is -0.620. The van der Waals surface area contributed by atoms with Crippen molar-refractivity contribution in [2.75, 3.05) is 26.2 Å². The molecule has 2 rings (SSSR count). The molecule has 0 spiro atoms. The van der Waals surface area contributed by atoms with Crippen molar-refractivity contribution < 1.29 is 9.84 Å². The third-order valence-corrected chi connectivity index (χ3v) is 3.64. The summed E-state index contributed by atoms with van der Waals surface area (Å²) in [6.07, 6.45) is 3.28. The molecule has 0 bridgehead atoms. The van der Waals surface area contributed by atoms with Crippen LogP contribution >= 0.6 is 15.9 Å². The van der Waals surface area contributed by atoms with Crippen LogP contribution in [0, 0.1) is 0 Å². The molecular weight excluding hydrogens is 308 g/mol. The Morgan fingerprint density at radius 3 is 2.84 bits per heavy atom. The molecule has 0 aromatic heterocycles. The van der Waals surface area contributed by atoms with E-state index < -0.39 is 6.10 Å². The summed E-state index contributed by atoms with van der Waals surface area (Å²) in [6.45, 7) is 2.98. The van der Waals surface area contributed by atoms with Crippen molar-refractivity contribution in [2.45, 2.75) is 25.4 Å². The van der Waals surface area contributed by atoms with Gasteiger partial charge < -0.3 is 9.84 Å². The van der Waals surface area contributed by atoms with Crippen LogP contribution in [0.15, 0.2) is 28.7 Å². The first-order chi connectivity index (χ1) is 9.24. The molecule has 1 saturated heterocycles. The summed E-state index contributed by atoms with van der Waals surface area (Å²) >= 11 is 3.39. The van der Waals surface area contributed by atoms with Crippen LogP contribution in [0.4, 0.5) is 0 Å². The minimum atomic E-state index is -0.499. The fraction of sp³-hybridized carbons (Fsp3) is 0.571. The molecule has 1 fully saturated rings. The number of benzene rings is 1. The number of aliphatic hydroxyl groups excluding tert-OH is 1. The molecule has 1 aromatic carbocycles. The fourth-order valence-electron chi connectivity index (χ4n) is 2.09. The van der Waals surface area contributed by atoms with Gasteiger partial charge in [-0.25, -0.2) is 5.01 Å². The highest BCUT2D eigenvalue weighted by molar-refractivity contribution is 9.10. The van der Waals surface area contributed by atoms with Gasteiger partial charge in [0, 0.05) is 24.1 Å². The van der Waals surface area contributed by atoms with Crippen LogP contribution in [0.3, 0.4) is 0 Å². The molecule has 1 aliphatic rings. The summed E-state index contributed by atoms with van der Waals surface area (Å²) in [5.41, 5.74) is 3.26. The van der Waals surface area contributed by atoms with E-state index in [9.17, 15) is 5.11 Å². The Morgan fingerprint density at radius 1 is 1.32 bits per heavy atom. The molecule has 1 aliphatic heterocycles. The van der Waals surface area contributed by atoms with Gasteiger partial charge in [-0.3, -0.25) is 5.43 Å². The molecule has 106 valence electrons. The van der Waals surface area contributed by atoms with Gasteiger partial charge in [-0.2, -0.15) is 0 Å². The average molecular weight is 329 g/mol. The van der Waals surface area contributed by atoms with E-state index >= 15 is 0 Å². The van der Waals surface area contributed by atoms with Gasteiger partial charge >= 0.3 is 0 Å². The van der Waals surface area contributed by atoms with Crippen molar-refractivity contribution >= 4 is 15.9 Å². The predicted molar refractivity (Wildman–Crippen MR) is 79.1 cm³/mol. The summed E-state index contributed by atoms with van der Waals surface area (Å²) in [4.78, 5) is 0. The second-order valence-electron chi connectivity index (χ2n) is 4.83. The highest BCUT2D eigenvalue weighted by Crippen LogP contribution is 2.17. The molecule has 0 amide bonds. The zero-order valence-electron chi connectivity index (χ0n) is 11.0. The van der Waals surface area contributed by atoms with Gasteiger partial charge in [0.15, 0.2) is 0 Å². The Kier molecular flexibility index (Phi) is 6.10. The number of hydrogen-bond donors (Lipinski definition) is 2. The summed E-state index contributed by atoms with van der Waals surface area (Å²) in [5, 5.41) is 12.1. The molecule has 1 atom stereocenters. The summed E-state index contributed by atoms with van der Waals surface area (Å²) in [5.74, 6) is 0.770. The number of piperidine rings is 1. The van der Waals surface area contributed by atoms with Gasteiger partial charge in [0.05, 0.1) is 0 Å². The maximum absolute atomic E-state index is 9.88. The normalized spacial score (nSPS) is 18.2. The first-order valence-corrected chi connectivity index (χ1v) is 7.58. The molecule has 4 nitrogen and oxygen atoms in total. The highest BCUT2D eigenvalue weighted by atomic mass is 79.9. The van der Waals surface area contributed by atoms with Crippen molar-refractivity contribution in [2.24, 2.45) is 0 Å². The SMILES string of the molecule is OC(CNN1CCCCC1)COc1cccc(Br)c1. The third-order valence-electron chi connectivity index (χ3n) is 3.15. The lowest BCUT2D eigenvalue weighted by Gasteiger charge is -2.28. The number of halogens is 1. The number of aliphatic hydroxyl groups is 1. The Morgan fingerprint density at radius 2 is 2.11 bits per heavy atom. The van der Waals surface area contributed by atoms with Crippen LogP contribution < -0.4 is 10.2 Å². The number of rotatable bonds is 6. The smallest absolute Gasteiger partial charge is 0.120 e. The van der Waals surface area contributed by atoms with Crippen molar-refractivity contribution in [1.82, 2.24) is 10.4 Å². The molecule has 0 saturated carbocycles. The number of nitrogens with one attached hydrogen (secondary N) is 1. The van der Waals surface area contributed by atoms with Crippen LogP contribution in [0.1, 0.15) is 19.3 Å². The average Bonchev–Trinajstić information content (AvgIpc) is 2.44. The molecule has 2 N–H and O–H groups in total. The van der Waals surface area contributed by atoms with E-state index in [4.69, 9.17) is 4.74 Å². The van der Waals surface area contributed by atoms with Crippen LogP contribution in [-0.4, -0.2) is 42.5 Å². The molecular formula is C14H21BrN2O2. The molecule has 1 unspecified atom stereocenters. The van der Waals surface area contributed by atoms with Crippen LogP contribution in [0.25, 0.3) is 0 Å². The number of nitrogens with zero attached hydrogens (tertiary/aromatic N) is 1. The standard InChI is InChI=1S/C14H21BrN2O2/c15-12-5-4-6-14(9-12)19-11-13(18)10-16-17-7-2-1-3-8-17/h4-6,9,13,16,18H,1-3,7-8,10-11H2. The lowest BCUT2D eigenvalue weighted by Crippen LogP contribution is -2.46. The monoisotopic (exact) mass is 328 g/mol. The summed E-state index contributed by atoms with van der Waals surface area (Å²) in [7, 11) is 0. The minimum Gasteiger partial charge on any atom is -0.491 e. The van der Waals surface area contributed by atoms with Crippen LogP contribution in [0.2, 0.25) is 0 Å². The first kappa shape index (κ1) is 14.8. The molecule has 0 aliphatic carbocycles. The Balaban J connectivity index is 1.65. The van der Waals surface area contributed by atoms with E-state index in [1.807, 2.05) is 24.3 Å². The van der Waals surface area contributed by atoms with Crippen molar-refractivity contribution in [3.63, 3.8) is 0 Å². The largest absolute Gasteiger partial charge is 0.491 e. The highest BCUT2D eigenvalue weighted by Gasteiger charge is 2.12. The number of hydrazine groups is 1. The Labute approximate surface area is 122 Å². The second kappa shape index (κ2) is 7.85. The summed E-state index contributed by atoms with van der Waals surface area (Å²) in [6, 6.07) is 7.64. The zero-order chi connectivity index (χ0) is 13.5. The van der Waals surface area contributed by atoms with E-state index in [0.29, 0.717) is 13.2 Å². The van der Waals surface area contributed by atoms with Gasteiger partial charge in [0.25, 0.3) is 0 Å². The van der Waals surface area contributed by atoms with Crippen molar-refractivity contribution in [1.29, 1.82) is 0 Å². The molecule has 0 radical (unpaired) electrons. The Bertz CT molecular complexity index is 383. The van der Waals surface area contributed by atoms with E-state index in [-0.39, 0.29) is 0 Å². The van der Waals surface area contributed by atoms with E-state index in [1.54, 1.807) is 0 Å². The quantitative estimate of drug-likeness (QED) is 0.840. The maximum Gasteiger partial charge on any atom is 0.120 e. The van der Waals surface area contributed by atoms with Crippen LogP contribution in [0.5, 0.6) is 5.75 Å². The van der Waals surface area contributed by atoms with Crippen molar-refractivity contribution in [3.8, 4) is 5.75 Å². The minimum absolute atomic E-state index is 0.303. The lowest BCUT2D eigenvalue weighted by atomic mass is 10.2. The molecule has 1 aromatic rings. The first-order valence-electron chi connectivity index (χ1n) is 6.79. The van der Waals surface area contributed by atoms with Gasteiger partial charge in [-0.15, -0.1) is 0 Å². The zero-order valence-corrected chi connectivity index (χ0v) is 12.6. The second-order valence-corrected chi connectivity index (χ2v) is 5.75. The van der Waals surface area contributed by atoms with Gasteiger partial charge in [-0.05, 0) is 31.0 Å². The van der Waals surface area contributed by atoms with E-state index in [2.05, 4.69) is 26.4 Å². The van der Waals surface area contributed by atoms with Gasteiger partial charge in [0.1, 0.15) is 18.5 Å². The van der Waals surface area contributed by atoms with Crippen molar-refractivity contribution in [3.05, 3.63) is 28.7 Å². The van der Waals surface area contributed by atoms with E-state index in [0.717, 1.165) is 23.3 Å². The third kappa shape index (κ3) is 5.48. The lowest BCUT2D eigenvalue weighted by molar-refractivity contribution is 0.0684. The number of hydrogen-bond acceptors (Lipinski definition) is 4. The van der Waals surface area contributed by atoms with Gasteiger partial charge in [0.2, 0.25) is 0 Å². The maximum atomic E-state index is 9.88. The predicted octanol–water partition coefficient (Wildman–Crippen LogP) is 2.18. The van der Waals surface area contributed by atoms with Gasteiger partial charge in [-0.1, -0.05) is 28.4 Å². The molecule has 5 heteroatoms.